The number of ether oxygens (including phenoxy) is 2. The molecule has 2 aromatic rings. The molecule has 0 unspecified atom stereocenters. The molecule has 0 aliphatic carbocycles. The molecule has 0 aromatic heterocycles. The van der Waals surface area contributed by atoms with E-state index in [-0.39, 0.29) is 16.7 Å². The van der Waals surface area contributed by atoms with E-state index in [1.165, 1.54) is 12.1 Å². The molecule has 0 fully saturated rings. The van der Waals surface area contributed by atoms with Crippen molar-refractivity contribution in [3.8, 4) is 11.5 Å². The van der Waals surface area contributed by atoms with Crippen molar-refractivity contribution in [2.75, 3.05) is 13.7 Å². The van der Waals surface area contributed by atoms with Gasteiger partial charge in [0.05, 0.1) is 12.1 Å². The monoisotopic (exact) mass is 453 g/mol. The zero-order valence-electron chi connectivity index (χ0n) is 15.2. The summed E-state index contributed by atoms with van der Waals surface area (Å²) in [6.45, 7) is -0.321. The van der Waals surface area contributed by atoms with Crippen molar-refractivity contribution in [1.29, 1.82) is 0 Å². The third-order valence-electron chi connectivity index (χ3n) is 3.36. The Kier molecular flexibility index (Phi) is 8.72. The Balaban J connectivity index is 1.75. The molecule has 10 heteroatoms. The number of thiocarbonyl (C=S) groups is 1. The first-order valence-electron chi connectivity index (χ1n) is 8.18. The van der Waals surface area contributed by atoms with E-state index in [0.717, 1.165) is 5.56 Å². The Hall–Kier alpha value is -2.81. The number of hydrogen-bond donors (Lipinski definition) is 3. The summed E-state index contributed by atoms with van der Waals surface area (Å²) in [5, 5.41) is 3.04. The van der Waals surface area contributed by atoms with E-state index in [2.05, 4.69) is 16.2 Å². The summed E-state index contributed by atoms with van der Waals surface area (Å²) in [7, 11) is 1.54. The van der Waals surface area contributed by atoms with Crippen LogP contribution in [0, 0.1) is 0 Å². The number of hydrazine groups is 1. The second-order valence-electron chi connectivity index (χ2n) is 5.43. The van der Waals surface area contributed by atoms with Crippen molar-refractivity contribution in [1.82, 2.24) is 16.2 Å². The average Bonchev–Trinajstić information content (AvgIpc) is 2.70. The number of para-hydroxylation sites is 1. The van der Waals surface area contributed by atoms with Crippen LogP contribution in [-0.4, -0.2) is 30.6 Å². The van der Waals surface area contributed by atoms with Gasteiger partial charge in [0.25, 0.3) is 5.91 Å². The number of carbonyl (C=O) groups is 2. The maximum absolute atomic E-state index is 11.9. The molecule has 0 aliphatic rings. The average molecular weight is 454 g/mol. The number of hydrogen-bond acceptors (Lipinski definition) is 5. The van der Waals surface area contributed by atoms with Gasteiger partial charge in [-0.1, -0.05) is 41.4 Å². The summed E-state index contributed by atoms with van der Waals surface area (Å²) in [5.74, 6) is -0.0714. The summed E-state index contributed by atoms with van der Waals surface area (Å²) in [5.41, 5.74) is 5.43. The van der Waals surface area contributed by atoms with E-state index in [1.807, 2.05) is 12.1 Å². The number of carbonyl (C=O) groups excluding carboxylic acids is 2. The van der Waals surface area contributed by atoms with Crippen LogP contribution in [0.2, 0.25) is 10.0 Å². The number of methoxy groups -OCH3 is 1. The number of rotatable bonds is 6. The predicted octanol–water partition coefficient (Wildman–Crippen LogP) is 3.12. The lowest BCUT2D eigenvalue weighted by Gasteiger charge is -2.11. The molecule has 152 valence electrons. The standard InChI is InChI=1S/C19H17Cl2N3O4S/c1-27-15-5-3-2-4-12(15)6-9-17(25)22-19(29)24-23-18(26)11-28-16-8-7-13(20)10-14(16)21/h2-10H,11H2,1H3,(H,23,26)(H2,22,24,25,29). The summed E-state index contributed by atoms with van der Waals surface area (Å²) in [4.78, 5) is 23.7. The molecule has 0 saturated carbocycles. The largest absolute Gasteiger partial charge is 0.496 e. The predicted molar refractivity (Wildman–Crippen MR) is 116 cm³/mol. The molecule has 7 nitrogen and oxygen atoms in total. The second kappa shape index (κ2) is 11.3. The minimum Gasteiger partial charge on any atom is -0.496 e. The van der Waals surface area contributed by atoms with Crippen molar-refractivity contribution in [2.45, 2.75) is 0 Å². The molecule has 0 spiro atoms. The lowest BCUT2D eigenvalue weighted by Crippen LogP contribution is -2.49. The quantitative estimate of drug-likeness (QED) is 0.353. The molecule has 0 heterocycles. The topological polar surface area (TPSA) is 88.7 Å². The third kappa shape index (κ3) is 7.61. The smallest absolute Gasteiger partial charge is 0.276 e. The fourth-order valence-electron chi connectivity index (χ4n) is 2.05. The highest BCUT2D eigenvalue weighted by molar-refractivity contribution is 7.80. The zero-order chi connectivity index (χ0) is 21.2. The van der Waals surface area contributed by atoms with Crippen molar-refractivity contribution in [2.24, 2.45) is 0 Å². The van der Waals surface area contributed by atoms with Crippen LogP contribution in [0.1, 0.15) is 5.56 Å². The van der Waals surface area contributed by atoms with Crippen molar-refractivity contribution >= 4 is 58.4 Å². The van der Waals surface area contributed by atoms with E-state index >= 15 is 0 Å². The molecule has 0 saturated heterocycles. The Morgan fingerprint density at radius 2 is 1.86 bits per heavy atom. The highest BCUT2D eigenvalue weighted by Crippen LogP contribution is 2.27. The molecule has 0 aliphatic heterocycles. The molecule has 0 bridgehead atoms. The first-order chi connectivity index (χ1) is 13.9. The normalized spacial score (nSPS) is 10.3. The molecule has 29 heavy (non-hydrogen) atoms. The summed E-state index contributed by atoms with van der Waals surface area (Å²) < 4.78 is 10.5. The van der Waals surface area contributed by atoms with Crippen molar-refractivity contribution in [3.05, 3.63) is 64.1 Å². The van der Waals surface area contributed by atoms with E-state index in [4.69, 9.17) is 44.9 Å². The van der Waals surface area contributed by atoms with Gasteiger partial charge in [0, 0.05) is 16.7 Å². The van der Waals surface area contributed by atoms with Gasteiger partial charge in [-0.15, -0.1) is 0 Å². The number of benzene rings is 2. The van der Waals surface area contributed by atoms with Crippen LogP contribution >= 0.6 is 35.4 Å². The third-order valence-corrected chi connectivity index (χ3v) is 4.09. The molecular formula is C19H17Cl2N3O4S. The van der Waals surface area contributed by atoms with Gasteiger partial charge in [-0.3, -0.25) is 25.8 Å². The van der Waals surface area contributed by atoms with E-state index in [1.54, 1.807) is 37.5 Å². The molecule has 2 amide bonds. The maximum atomic E-state index is 11.9. The van der Waals surface area contributed by atoms with Gasteiger partial charge in [0.2, 0.25) is 5.91 Å². The highest BCUT2D eigenvalue weighted by Gasteiger charge is 2.08. The number of nitrogens with one attached hydrogen (secondary N) is 3. The maximum Gasteiger partial charge on any atom is 0.276 e. The van der Waals surface area contributed by atoms with Gasteiger partial charge in [-0.25, -0.2) is 0 Å². The van der Waals surface area contributed by atoms with Crippen LogP contribution in [0.15, 0.2) is 48.5 Å². The molecular weight excluding hydrogens is 437 g/mol. The van der Waals surface area contributed by atoms with Crippen LogP contribution in [0.5, 0.6) is 11.5 Å². The Bertz CT molecular complexity index is 937. The van der Waals surface area contributed by atoms with E-state index in [9.17, 15) is 9.59 Å². The van der Waals surface area contributed by atoms with Gasteiger partial charge < -0.3 is 9.47 Å². The van der Waals surface area contributed by atoms with Crippen molar-refractivity contribution < 1.29 is 19.1 Å². The lowest BCUT2D eigenvalue weighted by atomic mass is 10.2. The van der Waals surface area contributed by atoms with Gasteiger partial charge in [-0.2, -0.15) is 0 Å². The molecule has 0 atom stereocenters. The van der Waals surface area contributed by atoms with Crippen LogP contribution in [0.4, 0.5) is 0 Å². The Labute approximate surface area is 182 Å². The number of halogens is 2. The Morgan fingerprint density at radius 3 is 2.59 bits per heavy atom. The van der Waals surface area contributed by atoms with Crippen LogP contribution in [-0.2, 0) is 9.59 Å². The van der Waals surface area contributed by atoms with E-state index in [0.29, 0.717) is 16.5 Å². The van der Waals surface area contributed by atoms with E-state index < -0.39 is 11.8 Å². The molecule has 2 aromatic carbocycles. The second-order valence-corrected chi connectivity index (χ2v) is 6.68. The zero-order valence-corrected chi connectivity index (χ0v) is 17.5. The molecule has 2 rings (SSSR count). The van der Waals surface area contributed by atoms with Gasteiger partial charge >= 0.3 is 0 Å². The Morgan fingerprint density at radius 1 is 1.10 bits per heavy atom. The fourth-order valence-corrected chi connectivity index (χ4v) is 2.67. The minimum atomic E-state index is -0.530. The van der Waals surface area contributed by atoms with Crippen molar-refractivity contribution in [3.63, 3.8) is 0 Å². The lowest BCUT2D eigenvalue weighted by molar-refractivity contribution is -0.123. The van der Waals surface area contributed by atoms with Crippen LogP contribution in [0.3, 0.4) is 0 Å². The first-order valence-corrected chi connectivity index (χ1v) is 9.34. The summed E-state index contributed by atoms with van der Waals surface area (Å²) in [6.07, 6.45) is 2.87. The van der Waals surface area contributed by atoms with Gasteiger partial charge in [0.15, 0.2) is 11.7 Å². The molecule has 0 radical (unpaired) electrons. The van der Waals surface area contributed by atoms with Crippen LogP contribution in [0.25, 0.3) is 6.08 Å². The van der Waals surface area contributed by atoms with Crippen LogP contribution < -0.4 is 25.6 Å². The first kappa shape index (κ1) is 22.5. The van der Waals surface area contributed by atoms with Gasteiger partial charge in [-0.05, 0) is 42.6 Å². The summed E-state index contributed by atoms with van der Waals surface area (Å²) in [6, 6.07) is 11.8. The minimum absolute atomic E-state index is 0.0856. The highest BCUT2D eigenvalue weighted by atomic mass is 35.5. The number of amides is 2. The summed E-state index contributed by atoms with van der Waals surface area (Å²) >= 11 is 16.7. The fraction of sp³-hybridized carbons (Fsp3) is 0.105. The van der Waals surface area contributed by atoms with Gasteiger partial charge in [0.1, 0.15) is 11.5 Å². The molecule has 3 N–H and O–H groups in total. The SMILES string of the molecule is COc1ccccc1C=CC(=O)NC(=S)NNC(=O)COc1ccc(Cl)cc1Cl.